The zero-order valence-electron chi connectivity index (χ0n) is 14.1. The minimum atomic E-state index is -0.136. The number of aliphatic hydroxyl groups is 1. The molecule has 0 radical (unpaired) electrons. The first-order valence-electron chi connectivity index (χ1n) is 7.82. The highest BCUT2D eigenvalue weighted by molar-refractivity contribution is 4.70. The molecule has 0 aliphatic carbocycles. The maximum absolute atomic E-state index is 8.88. The summed E-state index contributed by atoms with van der Waals surface area (Å²) in [5.74, 6) is 0. The van der Waals surface area contributed by atoms with Gasteiger partial charge in [-0.25, -0.2) is 0 Å². The molecule has 0 saturated carbocycles. The molecule has 0 spiro atoms. The molecule has 3 unspecified atom stereocenters. The second-order valence-corrected chi connectivity index (χ2v) is 6.26. The maximum Gasteiger partial charge on any atom is 0.0787 e. The van der Waals surface area contributed by atoms with E-state index in [1.165, 1.54) is 12.8 Å². The van der Waals surface area contributed by atoms with Crippen molar-refractivity contribution in [2.45, 2.75) is 84.7 Å². The average Bonchev–Trinajstić information content (AvgIpc) is 2.39. The van der Waals surface area contributed by atoms with E-state index in [0.717, 1.165) is 6.42 Å². The zero-order valence-corrected chi connectivity index (χ0v) is 14.1. The van der Waals surface area contributed by atoms with Crippen LogP contribution in [0.15, 0.2) is 0 Å². The van der Waals surface area contributed by atoms with Gasteiger partial charge in [0.25, 0.3) is 0 Å². The van der Waals surface area contributed by atoms with Gasteiger partial charge in [0, 0.05) is 0 Å². The van der Waals surface area contributed by atoms with Crippen LogP contribution >= 0.6 is 0 Å². The minimum absolute atomic E-state index is 0.00815. The monoisotopic (exact) mass is 290 g/mol. The standard InChI is InChI=1S/C16H34O4/c1-7-8-9-16(5,6)20-15(4)12-19-14(3)11-18-13(2)10-17/h13-15,17H,7-12H2,1-6H3. The van der Waals surface area contributed by atoms with E-state index in [-0.39, 0.29) is 30.5 Å². The first-order chi connectivity index (χ1) is 9.30. The van der Waals surface area contributed by atoms with Gasteiger partial charge in [-0.1, -0.05) is 19.8 Å². The Morgan fingerprint density at radius 3 is 2.05 bits per heavy atom. The van der Waals surface area contributed by atoms with E-state index in [2.05, 4.69) is 20.8 Å². The highest BCUT2D eigenvalue weighted by Gasteiger charge is 2.21. The largest absolute Gasteiger partial charge is 0.394 e. The van der Waals surface area contributed by atoms with Crippen molar-refractivity contribution in [1.82, 2.24) is 0 Å². The molecule has 122 valence electrons. The Hall–Kier alpha value is -0.160. The van der Waals surface area contributed by atoms with Crippen molar-refractivity contribution >= 4 is 0 Å². The number of rotatable bonds is 12. The minimum Gasteiger partial charge on any atom is -0.394 e. The van der Waals surface area contributed by atoms with Crippen molar-refractivity contribution in [3.05, 3.63) is 0 Å². The molecule has 0 fully saturated rings. The van der Waals surface area contributed by atoms with Gasteiger partial charge in [0.2, 0.25) is 0 Å². The Balaban J connectivity index is 3.83. The second kappa shape index (κ2) is 10.6. The molecule has 0 aromatic rings. The molecule has 4 heteroatoms. The molecule has 4 nitrogen and oxygen atoms in total. The molecular weight excluding hydrogens is 256 g/mol. The summed E-state index contributed by atoms with van der Waals surface area (Å²) in [5.41, 5.74) is -0.0933. The van der Waals surface area contributed by atoms with Gasteiger partial charge in [0.05, 0.1) is 43.7 Å². The van der Waals surface area contributed by atoms with Crippen LogP contribution in [0.1, 0.15) is 60.8 Å². The van der Waals surface area contributed by atoms with Gasteiger partial charge in [-0.2, -0.15) is 0 Å². The van der Waals surface area contributed by atoms with E-state index in [1.54, 1.807) is 0 Å². The molecule has 0 aliphatic rings. The van der Waals surface area contributed by atoms with Crippen LogP contribution in [0.2, 0.25) is 0 Å². The van der Waals surface area contributed by atoms with Crippen molar-refractivity contribution in [2.75, 3.05) is 19.8 Å². The smallest absolute Gasteiger partial charge is 0.0787 e. The predicted octanol–water partition coefficient (Wildman–Crippen LogP) is 3.16. The summed E-state index contributed by atoms with van der Waals surface area (Å²) in [6, 6.07) is 0. The van der Waals surface area contributed by atoms with Gasteiger partial charge < -0.3 is 19.3 Å². The van der Waals surface area contributed by atoms with Gasteiger partial charge in [-0.3, -0.25) is 0 Å². The lowest BCUT2D eigenvalue weighted by atomic mass is 10.0. The number of ether oxygens (including phenoxy) is 3. The Morgan fingerprint density at radius 1 is 0.950 bits per heavy atom. The molecule has 0 aliphatic heterocycles. The lowest BCUT2D eigenvalue weighted by molar-refractivity contribution is -0.118. The molecule has 0 saturated heterocycles. The Labute approximate surface area is 124 Å². The molecular formula is C16H34O4. The maximum atomic E-state index is 8.88. The Morgan fingerprint density at radius 2 is 1.50 bits per heavy atom. The summed E-state index contributed by atoms with van der Waals surface area (Å²) in [6.45, 7) is 13.4. The molecule has 3 atom stereocenters. The predicted molar refractivity (Wildman–Crippen MR) is 82.1 cm³/mol. The highest BCUT2D eigenvalue weighted by Crippen LogP contribution is 2.20. The SMILES string of the molecule is CCCCC(C)(C)OC(C)COC(C)COC(C)CO. The van der Waals surface area contributed by atoms with E-state index in [4.69, 9.17) is 19.3 Å². The number of aliphatic hydroxyl groups excluding tert-OH is 1. The second-order valence-electron chi connectivity index (χ2n) is 6.26. The van der Waals surface area contributed by atoms with E-state index < -0.39 is 0 Å². The van der Waals surface area contributed by atoms with Crippen molar-refractivity contribution in [1.29, 1.82) is 0 Å². The zero-order chi connectivity index (χ0) is 15.6. The van der Waals surface area contributed by atoms with Gasteiger partial charge >= 0.3 is 0 Å². The van der Waals surface area contributed by atoms with E-state index >= 15 is 0 Å². The molecule has 0 aromatic carbocycles. The van der Waals surface area contributed by atoms with Crippen LogP contribution in [-0.2, 0) is 14.2 Å². The molecule has 0 rings (SSSR count). The molecule has 0 amide bonds. The summed E-state index contributed by atoms with van der Waals surface area (Å²) >= 11 is 0. The van der Waals surface area contributed by atoms with Crippen LogP contribution < -0.4 is 0 Å². The molecule has 1 N–H and O–H groups in total. The third kappa shape index (κ3) is 10.6. The first kappa shape index (κ1) is 19.8. The average molecular weight is 290 g/mol. The van der Waals surface area contributed by atoms with Crippen LogP contribution in [0.25, 0.3) is 0 Å². The lowest BCUT2D eigenvalue weighted by Gasteiger charge is -2.30. The number of unbranched alkanes of at least 4 members (excludes halogenated alkanes) is 1. The van der Waals surface area contributed by atoms with E-state index in [0.29, 0.717) is 13.2 Å². The molecule has 0 bridgehead atoms. The highest BCUT2D eigenvalue weighted by atomic mass is 16.6. The number of hydrogen-bond acceptors (Lipinski definition) is 4. The van der Waals surface area contributed by atoms with Crippen LogP contribution in [-0.4, -0.2) is 48.8 Å². The van der Waals surface area contributed by atoms with Crippen LogP contribution in [0.4, 0.5) is 0 Å². The van der Waals surface area contributed by atoms with E-state index in [1.807, 2.05) is 20.8 Å². The van der Waals surface area contributed by atoms with Crippen molar-refractivity contribution < 1.29 is 19.3 Å². The fourth-order valence-electron chi connectivity index (χ4n) is 1.94. The molecule has 20 heavy (non-hydrogen) atoms. The number of hydrogen-bond donors (Lipinski definition) is 1. The van der Waals surface area contributed by atoms with Gasteiger partial charge in [-0.05, 0) is 41.0 Å². The molecule has 0 heterocycles. The van der Waals surface area contributed by atoms with Crippen molar-refractivity contribution in [3.8, 4) is 0 Å². The van der Waals surface area contributed by atoms with Crippen molar-refractivity contribution in [3.63, 3.8) is 0 Å². The quantitative estimate of drug-likeness (QED) is 0.600. The fraction of sp³-hybridized carbons (Fsp3) is 1.00. The van der Waals surface area contributed by atoms with Crippen LogP contribution in [0, 0.1) is 0 Å². The Bertz CT molecular complexity index is 231. The van der Waals surface area contributed by atoms with Gasteiger partial charge in [0.1, 0.15) is 0 Å². The summed E-state index contributed by atoms with van der Waals surface area (Å²) in [5, 5.41) is 8.88. The van der Waals surface area contributed by atoms with E-state index in [9.17, 15) is 0 Å². The summed E-state index contributed by atoms with van der Waals surface area (Å²) in [6.07, 6.45) is 3.38. The third-order valence-corrected chi connectivity index (χ3v) is 3.14. The molecule has 0 aromatic heterocycles. The first-order valence-corrected chi connectivity index (χ1v) is 7.82. The summed E-state index contributed by atoms with van der Waals surface area (Å²) < 4.78 is 17.2. The lowest BCUT2D eigenvalue weighted by Crippen LogP contribution is -2.33. The normalized spacial score (nSPS) is 16.9. The van der Waals surface area contributed by atoms with Crippen LogP contribution in [0.3, 0.4) is 0 Å². The topological polar surface area (TPSA) is 47.9 Å². The van der Waals surface area contributed by atoms with Gasteiger partial charge in [0.15, 0.2) is 0 Å². The van der Waals surface area contributed by atoms with Gasteiger partial charge in [-0.15, -0.1) is 0 Å². The van der Waals surface area contributed by atoms with Crippen molar-refractivity contribution in [2.24, 2.45) is 0 Å². The van der Waals surface area contributed by atoms with Crippen LogP contribution in [0.5, 0.6) is 0 Å². The summed E-state index contributed by atoms with van der Waals surface area (Å²) in [7, 11) is 0. The summed E-state index contributed by atoms with van der Waals surface area (Å²) in [4.78, 5) is 0. The third-order valence-electron chi connectivity index (χ3n) is 3.14. The Kier molecular flexibility index (Phi) is 10.5. The fourth-order valence-corrected chi connectivity index (χ4v) is 1.94.